The molecule has 2 atom stereocenters. The Morgan fingerprint density at radius 1 is 1.53 bits per heavy atom. The number of halogens is 1. The van der Waals surface area contributed by atoms with Crippen LogP contribution >= 0.6 is 0 Å². The molecule has 0 aromatic carbocycles. The molecule has 0 saturated carbocycles. The van der Waals surface area contributed by atoms with Crippen molar-refractivity contribution in [3.63, 3.8) is 0 Å². The second-order valence-electron chi connectivity index (χ2n) is 3.11. The van der Waals surface area contributed by atoms with Gasteiger partial charge in [0.1, 0.15) is 5.76 Å². The first-order valence-corrected chi connectivity index (χ1v) is 4.15. The van der Waals surface area contributed by atoms with Crippen LogP contribution in [-0.4, -0.2) is 36.1 Å². The number of rotatable bonds is 3. The molecule has 1 fully saturated rings. The zero-order valence-corrected chi connectivity index (χ0v) is 7.50. The average Bonchev–Trinajstić information content (AvgIpc) is 2.69. The van der Waals surface area contributed by atoms with Crippen molar-refractivity contribution in [2.75, 3.05) is 6.79 Å². The molecule has 0 aromatic rings. The van der Waals surface area contributed by atoms with Gasteiger partial charge in [-0.25, -0.2) is 4.39 Å². The third-order valence-corrected chi connectivity index (χ3v) is 2.29. The van der Waals surface area contributed by atoms with E-state index in [2.05, 4.69) is 9.61 Å². The summed E-state index contributed by atoms with van der Waals surface area (Å²) in [6.45, 7) is -0.104. The number of alkyl halides is 1. The molecule has 1 aliphatic heterocycles. The summed E-state index contributed by atoms with van der Waals surface area (Å²) in [5, 5.41) is 16.8. The standard InChI is InChI=1S/C7H8BFO6/c9-7(8(14-10)15-11)3-1-2-5-6(7)13-4-12-5/h1-3,6,10-11H,4H2. The van der Waals surface area contributed by atoms with E-state index in [-0.39, 0.29) is 12.6 Å². The van der Waals surface area contributed by atoms with Gasteiger partial charge >= 0.3 is 7.12 Å². The van der Waals surface area contributed by atoms with Crippen LogP contribution in [0, 0.1) is 0 Å². The van der Waals surface area contributed by atoms with Gasteiger partial charge in [-0.05, 0) is 12.2 Å². The molecule has 2 unspecified atom stereocenters. The van der Waals surface area contributed by atoms with Gasteiger partial charge in [-0.1, -0.05) is 6.08 Å². The molecule has 1 aliphatic carbocycles. The number of ether oxygens (including phenoxy) is 2. The van der Waals surface area contributed by atoms with Gasteiger partial charge in [0, 0.05) is 0 Å². The van der Waals surface area contributed by atoms with Crippen molar-refractivity contribution in [3.05, 3.63) is 24.0 Å². The van der Waals surface area contributed by atoms with E-state index in [0.29, 0.717) is 0 Å². The molecular formula is C7H8BFO6. The van der Waals surface area contributed by atoms with Crippen LogP contribution in [0.3, 0.4) is 0 Å². The van der Waals surface area contributed by atoms with Crippen molar-refractivity contribution < 1.29 is 34.0 Å². The maximum atomic E-state index is 14.3. The van der Waals surface area contributed by atoms with E-state index in [0.717, 1.165) is 6.08 Å². The summed E-state index contributed by atoms with van der Waals surface area (Å²) in [5.41, 5.74) is -2.34. The van der Waals surface area contributed by atoms with Crippen molar-refractivity contribution >= 4 is 7.12 Å². The van der Waals surface area contributed by atoms with Crippen LogP contribution in [0.1, 0.15) is 0 Å². The summed E-state index contributed by atoms with van der Waals surface area (Å²) in [4.78, 5) is 7.38. The third-order valence-electron chi connectivity index (χ3n) is 2.29. The highest BCUT2D eigenvalue weighted by molar-refractivity contribution is 6.49. The lowest BCUT2D eigenvalue weighted by molar-refractivity contribution is -0.237. The quantitative estimate of drug-likeness (QED) is 0.408. The molecule has 1 saturated heterocycles. The first-order chi connectivity index (χ1) is 7.22. The monoisotopic (exact) mass is 218 g/mol. The SMILES string of the molecule is OOB(OO)C1(F)C=CC=C2OCOC21. The minimum atomic E-state index is -2.34. The zero-order chi connectivity index (χ0) is 10.9. The Hall–Kier alpha value is -0.925. The summed E-state index contributed by atoms with van der Waals surface area (Å²) in [6, 6.07) is 0. The van der Waals surface area contributed by atoms with E-state index >= 15 is 0 Å². The predicted molar refractivity (Wildman–Crippen MR) is 45.1 cm³/mol. The Morgan fingerprint density at radius 3 is 2.93 bits per heavy atom. The fourth-order valence-electron chi connectivity index (χ4n) is 1.57. The Labute approximate surface area is 84.5 Å². The Balaban J connectivity index is 2.27. The minimum absolute atomic E-state index is 0.104. The van der Waals surface area contributed by atoms with Crippen LogP contribution in [0.15, 0.2) is 24.0 Å². The second-order valence-corrected chi connectivity index (χ2v) is 3.11. The lowest BCUT2D eigenvalue weighted by atomic mass is 9.64. The molecule has 1 heterocycles. The first kappa shape index (κ1) is 10.6. The van der Waals surface area contributed by atoms with E-state index in [1.165, 1.54) is 12.2 Å². The fraction of sp³-hybridized carbons (Fsp3) is 0.429. The molecular weight excluding hydrogens is 210 g/mol. The number of hydrogen-bond acceptors (Lipinski definition) is 6. The predicted octanol–water partition coefficient (Wildman–Crippen LogP) is 0.528. The maximum Gasteiger partial charge on any atom is 0.564 e. The van der Waals surface area contributed by atoms with Gasteiger partial charge < -0.3 is 9.47 Å². The fourth-order valence-corrected chi connectivity index (χ4v) is 1.57. The normalized spacial score (nSPS) is 33.3. The van der Waals surface area contributed by atoms with Gasteiger partial charge in [-0.15, -0.1) is 0 Å². The van der Waals surface area contributed by atoms with Crippen LogP contribution in [0.5, 0.6) is 0 Å². The lowest BCUT2D eigenvalue weighted by Crippen LogP contribution is -2.53. The smallest absolute Gasteiger partial charge is 0.469 e. The minimum Gasteiger partial charge on any atom is -0.469 e. The molecule has 6 nitrogen and oxygen atoms in total. The van der Waals surface area contributed by atoms with Gasteiger partial charge in [-0.2, -0.15) is 0 Å². The van der Waals surface area contributed by atoms with Crippen molar-refractivity contribution in [1.82, 2.24) is 0 Å². The van der Waals surface area contributed by atoms with Crippen LogP contribution in [0.2, 0.25) is 0 Å². The summed E-state index contributed by atoms with van der Waals surface area (Å²) in [7, 11) is -1.90. The largest absolute Gasteiger partial charge is 0.564 e. The van der Waals surface area contributed by atoms with Gasteiger partial charge in [-0.3, -0.25) is 20.1 Å². The number of allylic oxidation sites excluding steroid dienone is 2. The molecule has 2 rings (SSSR count). The molecule has 0 radical (unpaired) electrons. The van der Waals surface area contributed by atoms with Crippen molar-refractivity contribution in [2.24, 2.45) is 0 Å². The van der Waals surface area contributed by atoms with Crippen LogP contribution in [-0.2, 0) is 19.1 Å². The molecule has 0 spiro atoms. The molecule has 0 amide bonds. The van der Waals surface area contributed by atoms with E-state index in [9.17, 15) is 4.39 Å². The van der Waals surface area contributed by atoms with E-state index < -0.39 is 18.8 Å². The number of hydrogen-bond donors (Lipinski definition) is 2. The van der Waals surface area contributed by atoms with Gasteiger partial charge in [0.05, 0.1) is 0 Å². The topological polar surface area (TPSA) is 77.4 Å². The Kier molecular flexibility index (Phi) is 2.76. The van der Waals surface area contributed by atoms with Crippen LogP contribution in [0.25, 0.3) is 0 Å². The van der Waals surface area contributed by atoms with Crippen molar-refractivity contribution in [3.8, 4) is 0 Å². The van der Waals surface area contributed by atoms with E-state index in [1.54, 1.807) is 0 Å². The molecule has 82 valence electrons. The average molecular weight is 218 g/mol. The molecule has 2 aliphatic rings. The highest BCUT2D eigenvalue weighted by atomic mass is 19.1. The Bertz CT molecular complexity index is 304. The highest BCUT2D eigenvalue weighted by Crippen LogP contribution is 2.36. The zero-order valence-electron chi connectivity index (χ0n) is 7.50. The van der Waals surface area contributed by atoms with Gasteiger partial charge in [0.25, 0.3) is 0 Å². The summed E-state index contributed by atoms with van der Waals surface area (Å²) < 4.78 is 24.2. The van der Waals surface area contributed by atoms with E-state index in [1.807, 2.05) is 0 Å². The van der Waals surface area contributed by atoms with E-state index in [4.69, 9.17) is 20.0 Å². The third kappa shape index (κ3) is 1.56. The molecule has 0 bridgehead atoms. The summed E-state index contributed by atoms with van der Waals surface area (Å²) in [5.74, 6) is 0.249. The molecule has 2 N–H and O–H groups in total. The van der Waals surface area contributed by atoms with Gasteiger partial charge in [0.2, 0.25) is 5.57 Å². The molecule has 15 heavy (non-hydrogen) atoms. The second kappa shape index (κ2) is 3.91. The lowest BCUT2D eigenvalue weighted by Gasteiger charge is -2.29. The van der Waals surface area contributed by atoms with Gasteiger partial charge in [0.15, 0.2) is 12.9 Å². The van der Waals surface area contributed by atoms with Crippen LogP contribution < -0.4 is 0 Å². The van der Waals surface area contributed by atoms with Crippen LogP contribution in [0.4, 0.5) is 4.39 Å². The molecule has 8 heteroatoms. The maximum absolute atomic E-state index is 14.3. The van der Waals surface area contributed by atoms with Crippen molar-refractivity contribution in [2.45, 2.75) is 11.7 Å². The first-order valence-electron chi connectivity index (χ1n) is 4.15. The highest BCUT2D eigenvalue weighted by Gasteiger charge is 2.58. The molecule has 0 aromatic heterocycles. The summed E-state index contributed by atoms with van der Waals surface area (Å²) >= 11 is 0. The number of fused-ring (bicyclic) bond motifs is 1. The van der Waals surface area contributed by atoms with Crippen molar-refractivity contribution in [1.29, 1.82) is 0 Å². The Morgan fingerprint density at radius 2 is 2.27 bits per heavy atom. The summed E-state index contributed by atoms with van der Waals surface area (Å²) in [6.07, 6.45) is 2.81.